The van der Waals surface area contributed by atoms with Gasteiger partial charge in [0.2, 0.25) is 0 Å². The second-order valence-electron chi connectivity index (χ2n) is 8.84. The molecule has 1 amide bonds. The van der Waals surface area contributed by atoms with Crippen molar-refractivity contribution in [3.63, 3.8) is 0 Å². The topological polar surface area (TPSA) is 62.7 Å². The van der Waals surface area contributed by atoms with Crippen LogP contribution in [0.25, 0.3) is 0 Å². The van der Waals surface area contributed by atoms with E-state index >= 15 is 0 Å². The van der Waals surface area contributed by atoms with Crippen LogP contribution in [0.5, 0.6) is 0 Å². The van der Waals surface area contributed by atoms with Crippen molar-refractivity contribution < 1.29 is 23.1 Å². The molecule has 1 aromatic heterocycles. The molecule has 1 aliphatic rings. The molecule has 0 unspecified atom stereocenters. The van der Waals surface area contributed by atoms with Crippen molar-refractivity contribution in [3.05, 3.63) is 87.4 Å². The molecule has 36 heavy (non-hydrogen) atoms. The van der Waals surface area contributed by atoms with Crippen LogP contribution in [0.3, 0.4) is 0 Å². The second-order valence-corrected chi connectivity index (χ2v) is 9.79. The van der Waals surface area contributed by atoms with Gasteiger partial charge in [0.25, 0.3) is 5.91 Å². The first-order chi connectivity index (χ1) is 17.4. The molecule has 3 aromatic rings. The highest BCUT2D eigenvalue weighted by molar-refractivity contribution is 7.09. The molecule has 1 fully saturated rings. The molecule has 0 radical (unpaired) electrons. The van der Waals surface area contributed by atoms with Gasteiger partial charge in [0.05, 0.1) is 19.1 Å². The van der Waals surface area contributed by atoms with Crippen LogP contribution in [0.4, 0.5) is 8.78 Å². The molecule has 0 bridgehead atoms. The number of halogens is 2. The standard InChI is InChI=1S/C27H29F2N3O3S/c1-2-35-27(34)21-11-13-32(14-12-21)26(33)24-18-36-25(30-24)17-31(15-19-3-7-22(28)8-4-19)16-20-5-9-23(29)10-6-20/h3-10,18,21H,2,11-17H2,1H3. The minimum atomic E-state index is -0.293. The van der Waals surface area contributed by atoms with Gasteiger partial charge in [-0.3, -0.25) is 14.5 Å². The monoisotopic (exact) mass is 513 g/mol. The third kappa shape index (κ3) is 6.95. The number of aromatic nitrogens is 1. The Balaban J connectivity index is 1.41. The average Bonchev–Trinajstić information content (AvgIpc) is 3.35. The van der Waals surface area contributed by atoms with Gasteiger partial charge in [-0.05, 0) is 55.2 Å². The molecule has 6 nitrogen and oxygen atoms in total. The van der Waals surface area contributed by atoms with Crippen molar-refractivity contribution in [2.24, 2.45) is 5.92 Å². The number of benzene rings is 2. The van der Waals surface area contributed by atoms with Crippen molar-refractivity contribution in [1.29, 1.82) is 0 Å². The SMILES string of the molecule is CCOC(=O)C1CCN(C(=O)c2csc(CN(Cc3ccc(F)cc3)Cc3ccc(F)cc3)n2)CC1. The zero-order valence-corrected chi connectivity index (χ0v) is 21.0. The highest BCUT2D eigenvalue weighted by Gasteiger charge is 2.29. The summed E-state index contributed by atoms with van der Waals surface area (Å²) in [5.74, 6) is -1.07. The average molecular weight is 514 g/mol. The van der Waals surface area contributed by atoms with E-state index in [4.69, 9.17) is 4.74 Å². The Morgan fingerprint density at radius 1 is 0.972 bits per heavy atom. The first kappa shape index (κ1) is 25.9. The number of ether oxygens (including phenoxy) is 1. The molecule has 0 atom stereocenters. The number of piperidine rings is 1. The van der Waals surface area contributed by atoms with Crippen LogP contribution in [0.15, 0.2) is 53.9 Å². The van der Waals surface area contributed by atoms with Crippen molar-refractivity contribution >= 4 is 23.2 Å². The van der Waals surface area contributed by atoms with E-state index < -0.39 is 0 Å². The number of carbonyl (C=O) groups excluding carboxylic acids is 2. The lowest BCUT2D eigenvalue weighted by Crippen LogP contribution is -2.40. The number of likely N-dealkylation sites (tertiary alicyclic amines) is 1. The second kappa shape index (κ2) is 12.2. The van der Waals surface area contributed by atoms with Crippen molar-refractivity contribution in [1.82, 2.24) is 14.8 Å². The molecule has 2 heterocycles. The number of carbonyl (C=O) groups is 2. The van der Waals surface area contributed by atoms with E-state index in [0.717, 1.165) is 16.1 Å². The summed E-state index contributed by atoms with van der Waals surface area (Å²) in [5.41, 5.74) is 2.28. The highest BCUT2D eigenvalue weighted by atomic mass is 32.1. The molecular formula is C27H29F2N3O3S. The number of hydrogen-bond acceptors (Lipinski definition) is 6. The van der Waals surface area contributed by atoms with Crippen LogP contribution >= 0.6 is 11.3 Å². The zero-order chi connectivity index (χ0) is 25.5. The smallest absolute Gasteiger partial charge is 0.309 e. The van der Waals surface area contributed by atoms with E-state index in [1.54, 1.807) is 41.5 Å². The molecule has 9 heteroatoms. The maximum Gasteiger partial charge on any atom is 0.309 e. The van der Waals surface area contributed by atoms with E-state index in [1.165, 1.54) is 35.6 Å². The molecule has 4 rings (SSSR count). The van der Waals surface area contributed by atoms with Crippen LogP contribution in [-0.2, 0) is 29.2 Å². The summed E-state index contributed by atoms with van der Waals surface area (Å²) in [7, 11) is 0. The summed E-state index contributed by atoms with van der Waals surface area (Å²) >= 11 is 1.41. The van der Waals surface area contributed by atoms with Crippen molar-refractivity contribution in [2.75, 3.05) is 19.7 Å². The van der Waals surface area contributed by atoms with Gasteiger partial charge in [-0.2, -0.15) is 0 Å². The maximum absolute atomic E-state index is 13.4. The van der Waals surface area contributed by atoms with Gasteiger partial charge in [-0.15, -0.1) is 11.3 Å². The first-order valence-electron chi connectivity index (χ1n) is 12.0. The van der Waals surface area contributed by atoms with Crippen LogP contribution in [0.1, 0.15) is 46.4 Å². The molecule has 0 aliphatic carbocycles. The molecule has 0 N–H and O–H groups in total. The number of rotatable bonds is 9. The quantitative estimate of drug-likeness (QED) is 0.375. The minimum absolute atomic E-state index is 0.136. The van der Waals surface area contributed by atoms with E-state index in [2.05, 4.69) is 9.88 Å². The Morgan fingerprint density at radius 3 is 2.06 bits per heavy atom. The summed E-state index contributed by atoms with van der Waals surface area (Å²) in [6.07, 6.45) is 1.18. The summed E-state index contributed by atoms with van der Waals surface area (Å²) in [6.45, 7) is 4.71. The molecule has 0 spiro atoms. The number of amides is 1. The molecular weight excluding hydrogens is 484 g/mol. The van der Waals surface area contributed by atoms with E-state index in [1.807, 2.05) is 0 Å². The molecule has 0 saturated carbocycles. The fourth-order valence-electron chi connectivity index (χ4n) is 4.28. The Bertz CT molecular complexity index is 1110. The Morgan fingerprint density at radius 2 is 1.53 bits per heavy atom. The lowest BCUT2D eigenvalue weighted by Gasteiger charge is -2.30. The summed E-state index contributed by atoms with van der Waals surface area (Å²) in [5, 5.41) is 2.55. The lowest BCUT2D eigenvalue weighted by atomic mass is 9.97. The Labute approximate surface area is 213 Å². The van der Waals surface area contributed by atoms with Crippen LogP contribution in [0, 0.1) is 17.6 Å². The fourth-order valence-corrected chi connectivity index (χ4v) is 5.09. The largest absolute Gasteiger partial charge is 0.466 e. The number of thiazole rings is 1. The van der Waals surface area contributed by atoms with Crippen LogP contribution in [0.2, 0.25) is 0 Å². The Hall–Kier alpha value is -3.17. The molecule has 2 aromatic carbocycles. The minimum Gasteiger partial charge on any atom is -0.466 e. The van der Waals surface area contributed by atoms with E-state index in [-0.39, 0.29) is 29.4 Å². The Kier molecular flexibility index (Phi) is 8.77. The summed E-state index contributed by atoms with van der Waals surface area (Å²) in [6, 6.07) is 12.7. The van der Waals surface area contributed by atoms with Crippen molar-refractivity contribution in [2.45, 2.75) is 39.4 Å². The van der Waals surface area contributed by atoms with Crippen molar-refractivity contribution in [3.8, 4) is 0 Å². The van der Waals surface area contributed by atoms with Gasteiger partial charge in [0.1, 0.15) is 22.3 Å². The van der Waals surface area contributed by atoms with E-state index in [0.29, 0.717) is 57.9 Å². The van der Waals surface area contributed by atoms with Crippen LogP contribution in [-0.4, -0.2) is 46.4 Å². The van der Waals surface area contributed by atoms with Gasteiger partial charge in [-0.1, -0.05) is 24.3 Å². The molecule has 1 saturated heterocycles. The third-order valence-corrected chi connectivity index (χ3v) is 7.00. The summed E-state index contributed by atoms with van der Waals surface area (Å²) < 4.78 is 31.8. The third-order valence-electron chi connectivity index (χ3n) is 6.17. The van der Waals surface area contributed by atoms with Gasteiger partial charge in [0.15, 0.2) is 0 Å². The number of nitrogens with zero attached hydrogens (tertiary/aromatic N) is 3. The van der Waals surface area contributed by atoms with Gasteiger partial charge in [-0.25, -0.2) is 13.8 Å². The predicted molar refractivity (Wildman–Crippen MR) is 133 cm³/mol. The summed E-state index contributed by atoms with van der Waals surface area (Å²) in [4.78, 5) is 33.4. The number of esters is 1. The number of hydrogen-bond donors (Lipinski definition) is 0. The van der Waals surface area contributed by atoms with E-state index in [9.17, 15) is 18.4 Å². The fraction of sp³-hybridized carbons (Fsp3) is 0.370. The van der Waals surface area contributed by atoms with Gasteiger partial charge >= 0.3 is 5.97 Å². The normalized spacial score (nSPS) is 14.3. The molecule has 1 aliphatic heterocycles. The molecule has 190 valence electrons. The highest BCUT2D eigenvalue weighted by Crippen LogP contribution is 2.22. The zero-order valence-electron chi connectivity index (χ0n) is 20.2. The lowest BCUT2D eigenvalue weighted by molar-refractivity contribution is -0.149. The van der Waals surface area contributed by atoms with Crippen LogP contribution < -0.4 is 0 Å². The van der Waals surface area contributed by atoms with Gasteiger partial charge < -0.3 is 9.64 Å². The van der Waals surface area contributed by atoms with Gasteiger partial charge in [0, 0.05) is 31.6 Å². The first-order valence-corrected chi connectivity index (χ1v) is 12.9. The maximum atomic E-state index is 13.4. The predicted octanol–water partition coefficient (Wildman–Crippen LogP) is 5.04.